The van der Waals surface area contributed by atoms with Crippen molar-refractivity contribution in [2.24, 2.45) is 10.9 Å². The third kappa shape index (κ3) is 9.34. The molecule has 2 N–H and O–H groups in total. The summed E-state index contributed by atoms with van der Waals surface area (Å²) in [5, 5.41) is 6.51. The highest BCUT2D eigenvalue weighted by Crippen LogP contribution is 2.20. The van der Waals surface area contributed by atoms with Gasteiger partial charge in [-0.1, -0.05) is 6.07 Å². The number of hydrogen-bond acceptors (Lipinski definition) is 4. The Bertz CT molecular complexity index is 623. The van der Waals surface area contributed by atoms with Crippen LogP contribution in [-0.2, 0) is 16.0 Å². The van der Waals surface area contributed by atoms with Gasteiger partial charge >= 0.3 is 0 Å². The molecular formula is C22H38FIN4O2. The zero-order valence-electron chi connectivity index (χ0n) is 18.6. The third-order valence-corrected chi connectivity index (χ3v) is 5.25. The van der Waals surface area contributed by atoms with Crippen LogP contribution in [0.3, 0.4) is 0 Å². The quantitative estimate of drug-likeness (QED) is 0.195. The fraction of sp³-hybridized carbons (Fsp3) is 0.682. The summed E-state index contributed by atoms with van der Waals surface area (Å²) < 4.78 is 25.5. The molecule has 0 aliphatic carbocycles. The Balaban J connectivity index is 0.00000450. The Morgan fingerprint density at radius 1 is 1.23 bits per heavy atom. The van der Waals surface area contributed by atoms with Crippen LogP contribution in [0, 0.1) is 11.7 Å². The molecule has 1 fully saturated rings. The molecule has 1 saturated heterocycles. The van der Waals surface area contributed by atoms with Crippen molar-refractivity contribution in [3.8, 4) is 0 Å². The second-order valence-electron chi connectivity index (χ2n) is 7.29. The number of rotatable bonds is 11. The number of nitrogens with zero attached hydrogens (tertiary/aromatic N) is 2. The van der Waals surface area contributed by atoms with Crippen molar-refractivity contribution in [3.63, 3.8) is 0 Å². The highest BCUT2D eigenvalue weighted by Gasteiger charge is 2.13. The smallest absolute Gasteiger partial charge is 0.191 e. The number of ether oxygens (including phenoxy) is 2. The lowest BCUT2D eigenvalue weighted by Crippen LogP contribution is -2.37. The summed E-state index contributed by atoms with van der Waals surface area (Å²) in [5.74, 6) is 1.17. The van der Waals surface area contributed by atoms with Crippen LogP contribution < -0.4 is 15.5 Å². The van der Waals surface area contributed by atoms with E-state index in [1.54, 1.807) is 13.1 Å². The minimum atomic E-state index is -0.183. The van der Waals surface area contributed by atoms with E-state index in [0.717, 1.165) is 70.9 Å². The van der Waals surface area contributed by atoms with E-state index in [2.05, 4.69) is 15.6 Å². The van der Waals surface area contributed by atoms with Gasteiger partial charge in [0.2, 0.25) is 0 Å². The SMILES string of the molecule is CCN(CC)c1ccc(CNC(=NC)NCCCOCC2CCOCC2)cc1F.I. The Kier molecular flexibility index (Phi) is 14.0. The number of halogens is 2. The fourth-order valence-electron chi connectivity index (χ4n) is 3.43. The Morgan fingerprint density at radius 2 is 1.97 bits per heavy atom. The van der Waals surface area contributed by atoms with Gasteiger partial charge in [-0.15, -0.1) is 24.0 Å². The predicted molar refractivity (Wildman–Crippen MR) is 133 cm³/mol. The minimum absolute atomic E-state index is 0. The molecule has 1 aliphatic rings. The first-order valence-electron chi connectivity index (χ1n) is 10.8. The highest BCUT2D eigenvalue weighted by molar-refractivity contribution is 14.0. The summed E-state index contributed by atoms with van der Waals surface area (Å²) in [4.78, 5) is 6.24. The van der Waals surface area contributed by atoms with Crippen molar-refractivity contribution in [1.29, 1.82) is 0 Å². The van der Waals surface area contributed by atoms with Crippen molar-refractivity contribution in [1.82, 2.24) is 10.6 Å². The van der Waals surface area contributed by atoms with Crippen molar-refractivity contribution >= 4 is 35.6 Å². The number of benzene rings is 1. The first-order valence-corrected chi connectivity index (χ1v) is 10.8. The molecule has 0 bridgehead atoms. The topological polar surface area (TPSA) is 58.1 Å². The van der Waals surface area contributed by atoms with Crippen LogP contribution in [0.2, 0.25) is 0 Å². The molecule has 1 aromatic carbocycles. The van der Waals surface area contributed by atoms with Crippen LogP contribution in [0.25, 0.3) is 0 Å². The van der Waals surface area contributed by atoms with E-state index in [4.69, 9.17) is 9.47 Å². The van der Waals surface area contributed by atoms with Gasteiger partial charge in [0.25, 0.3) is 0 Å². The first-order chi connectivity index (χ1) is 14.2. The van der Waals surface area contributed by atoms with Gasteiger partial charge in [-0.2, -0.15) is 0 Å². The lowest BCUT2D eigenvalue weighted by Gasteiger charge is -2.22. The average molecular weight is 536 g/mol. The zero-order valence-corrected chi connectivity index (χ0v) is 20.9. The maximum atomic E-state index is 14.4. The average Bonchev–Trinajstić information content (AvgIpc) is 2.75. The standard InChI is InChI=1S/C22H37FN4O2.HI/c1-4-27(5-2)21-8-7-19(15-20(21)23)16-26-22(24-3)25-11-6-12-29-17-18-9-13-28-14-10-18;/h7-8,15,18H,4-6,9-14,16-17H2,1-3H3,(H2,24,25,26);1H. The van der Waals surface area contributed by atoms with Crippen LogP contribution in [0.5, 0.6) is 0 Å². The molecule has 0 aromatic heterocycles. The molecule has 0 unspecified atom stereocenters. The molecule has 0 spiro atoms. The van der Waals surface area contributed by atoms with E-state index in [9.17, 15) is 4.39 Å². The number of anilines is 1. The summed E-state index contributed by atoms with van der Waals surface area (Å²) in [7, 11) is 1.74. The molecule has 172 valence electrons. The maximum absolute atomic E-state index is 14.4. The van der Waals surface area contributed by atoms with E-state index >= 15 is 0 Å². The van der Waals surface area contributed by atoms with Gasteiger partial charge < -0.3 is 25.0 Å². The third-order valence-electron chi connectivity index (χ3n) is 5.25. The Labute approximate surface area is 198 Å². The van der Waals surface area contributed by atoms with E-state index in [1.807, 2.05) is 30.9 Å². The molecule has 1 aromatic rings. The molecule has 1 aliphatic heterocycles. The minimum Gasteiger partial charge on any atom is -0.381 e. The summed E-state index contributed by atoms with van der Waals surface area (Å²) in [6.07, 6.45) is 3.12. The van der Waals surface area contributed by atoms with E-state index < -0.39 is 0 Å². The van der Waals surface area contributed by atoms with E-state index in [1.165, 1.54) is 0 Å². The number of nitrogens with one attached hydrogen (secondary N) is 2. The molecule has 30 heavy (non-hydrogen) atoms. The fourth-order valence-corrected chi connectivity index (χ4v) is 3.43. The molecule has 8 heteroatoms. The first kappa shape index (κ1) is 26.9. The van der Waals surface area contributed by atoms with Crippen LogP contribution >= 0.6 is 24.0 Å². The molecule has 0 amide bonds. The molecule has 0 atom stereocenters. The molecule has 6 nitrogen and oxygen atoms in total. The zero-order chi connectivity index (χ0) is 20.9. The van der Waals surface area contributed by atoms with E-state index in [-0.39, 0.29) is 29.8 Å². The van der Waals surface area contributed by atoms with Crippen LogP contribution in [0.1, 0.15) is 38.7 Å². The van der Waals surface area contributed by atoms with Crippen molar-refractivity contribution < 1.29 is 13.9 Å². The lowest BCUT2D eigenvalue weighted by molar-refractivity contribution is 0.0203. The molecule has 0 radical (unpaired) electrons. The van der Waals surface area contributed by atoms with Gasteiger partial charge in [0, 0.05) is 59.7 Å². The van der Waals surface area contributed by atoms with Crippen LogP contribution in [0.4, 0.5) is 10.1 Å². The van der Waals surface area contributed by atoms with Gasteiger partial charge in [0.1, 0.15) is 5.82 Å². The highest BCUT2D eigenvalue weighted by atomic mass is 127. The van der Waals surface area contributed by atoms with Crippen LogP contribution in [-0.4, -0.2) is 59.1 Å². The van der Waals surface area contributed by atoms with Gasteiger partial charge in [-0.05, 0) is 56.7 Å². The Morgan fingerprint density at radius 3 is 2.60 bits per heavy atom. The second-order valence-corrected chi connectivity index (χ2v) is 7.29. The Hall–Kier alpha value is -1.13. The van der Waals surface area contributed by atoms with Gasteiger partial charge in [0.05, 0.1) is 5.69 Å². The lowest BCUT2D eigenvalue weighted by atomic mass is 10.0. The number of guanidine groups is 1. The summed E-state index contributed by atoms with van der Waals surface area (Å²) in [6.45, 7) is 10.2. The summed E-state index contributed by atoms with van der Waals surface area (Å²) in [5.41, 5.74) is 1.54. The van der Waals surface area contributed by atoms with Crippen molar-refractivity contribution in [2.75, 3.05) is 58.0 Å². The summed E-state index contributed by atoms with van der Waals surface area (Å²) >= 11 is 0. The van der Waals surface area contributed by atoms with Gasteiger partial charge in [-0.3, -0.25) is 4.99 Å². The van der Waals surface area contributed by atoms with Gasteiger partial charge in [0.15, 0.2) is 5.96 Å². The maximum Gasteiger partial charge on any atom is 0.191 e. The van der Waals surface area contributed by atoms with Gasteiger partial charge in [-0.25, -0.2) is 4.39 Å². The normalized spacial score (nSPS) is 14.9. The van der Waals surface area contributed by atoms with Crippen LogP contribution in [0.15, 0.2) is 23.2 Å². The number of aliphatic imine (C=N–C) groups is 1. The molecule has 1 heterocycles. The largest absolute Gasteiger partial charge is 0.381 e. The van der Waals surface area contributed by atoms with Crippen molar-refractivity contribution in [2.45, 2.75) is 39.7 Å². The molecule has 0 saturated carbocycles. The number of hydrogen-bond donors (Lipinski definition) is 2. The molecule has 2 rings (SSSR count). The molecular weight excluding hydrogens is 498 g/mol. The summed E-state index contributed by atoms with van der Waals surface area (Å²) in [6, 6.07) is 5.41. The monoisotopic (exact) mass is 536 g/mol. The van der Waals surface area contributed by atoms with E-state index in [0.29, 0.717) is 24.1 Å². The predicted octanol–water partition coefficient (Wildman–Crippen LogP) is 3.79. The van der Waals surface area contributed by atoms with Crippen molar-refractivity contribution in [3.05, 3.63) is 29.6 Å². The second kappa shape index (κ2) is 15.6.